The third-order valence-electron chi connectivity index (χ3n) is 5.89. The number of carbonyl (C=O) groups excluding carboxylic acids is 1. The number of imidazole rings is 1. The van der Waals surface area contributed by atoms with Crippen molar-refractivity contribution in [2.75, 3.05) is 11.9 Å². The van der Waals surface area contributed by atoms with Crippen LogP contribution in [0.2, 0.25) is 0 Å². The third kappa shape index (κ3) is 3.41. The fraction of sp³-hybridized carbons (Fsp3) is 0.318. The SMILES string of the molecule is CCn1c(C2CCCN2C(=O)Nc2cc(-n3cnnn3)ccc2C)nc2ccccc21. The summed E-state index contributed by atoms with van der Waals surface area (Å²) in [5.41, 5.74) is 4.58. The zero-order valence-corrected chi connectivity index (χ0v) is 17.6. The lowest BCUT2D eigenvalue weighted by atomic mass is 10.2. The summed E-state index contributed by atoms with van der Waals surface area (Å²) in [6.07, 6.45) is 3.39. The molecule has 9 heteroatoms. The number of amides is 2. The Kier molecular flexibility index (Phi) is 4.85. The third-order valence-corrected chi connectivity index (χ3v) is 5.89. The Hall–Kier alpha value is -3.75. The molecule has 3 heterocycles. The predicted molar refractivity (Wildman–Crippen MR) is 117 cm³/mol. The second-order valence-corrected chi connectivity index (χ2v) is 7.74. The molecule has 4 aromatic rings. The van der Waals surface area contributed by atoms with Gasteiger partial charge in [-0.15, -0.1) is 5.10 Å². The van der Waals surface area contributed by atoms with Gasteiger partial charge >= 0.3 is 6.03 Å². The van der Waals surface area contributed by atoms with E-state index in [-0.39, 0.29) is 12.1 Å². The molecule has 1 aliphatic heterocycles. The Balaban J connectivity index is 1.43. The standard InChI is InChI=1S/C22H24N8O/c1-3-28-19-8-5-4-7-17(19)24-21(28)20-9-6-12-29(20)22(31)25-18-13-16(11-10-15(18)2)30-14-23-26-27-30/h4-5,7-8,10-11,13-14,20H,3,6,9,12H2,1-2H3,(H,25,31). The summed E-state index contributed by atoms with van der Waals surface area (Å²) in [5, 5.41) is 14.4. The number of aromatic nitrogens is 6. The first-order valence-corrected chi connectivity index (χ1v) is 10.5. The molecule has 1 unspecified atom stereocenters. The van der Waals surface area contributed by atoms with Crippen molar-refractivity contribution in [3.05, 3.63) is 60.2 Å². The van der Waals surface area contributed by atoms with Crippen molar-refractivity contribution in [1.82, 2.24) is 34.7 Å². The van der Waals surface area contributed by atoms with E-state index >= 15 is 0 Å². The van der Waals surface area contributed by atoms with Crippen LogP contribution in [0, 0.1) is 6.92 Å². The number of rotatable bonds is 4. The molecule has 0 bridgehead atoms. The molecular weight excluding hydrogens is 392 g/mol. The summed E-state index contributed by atoms with van der Waals surface area (Å²) in [6, 6.07) is 13.7. The summed E-state index contributed by atoms with van der Waals surface area (Å²) in [4.78, 5) is 20.1. The van der Waals surface area contributed by atoms with Crippen molar-refractivity contribution in [1.29, 1.82) is 0 Å². The van der Waals surface area contributed by atoms with Crippen LogP contribution >= 0.6 is 0 Å². The van der Waals surface area contributed by atoms with Gasteiger partial charge in [0.2, 0.25) is 0 Å². The van der Waals surface area contributed by atoms with Crippen LogP contribution in [-0.2, 0) is 6.54 Å². The number of urea groups is 1. The van der Waals surface area contributed by atoms with Gasteiger partial charge in [0.15, 0.2) is 0 Å². The predicted octanol–water partition coefficient (Wildman–Crippen LogP) is 3.71. The highest BCUT2D eigenvalue weighted by molar-refractivity contribution is 5.91. The molecule has 1 N–H and O–H groups in total. The topological polar surface area (TPSA) is 93.8 Å². The van der Waals surface area contributed by atoms with E-state index in [0.29, 0.717) is 6.54 Å². The van der Waals surface area contributed by atoms with Crippen molar-refractivity contribution in [2.24, 2.45) is 0 Å². The maximum atomic E-state index is 13.3. The summed E-state index contributed by atoms with van der Waals surface area (Å²) in [6.45, 7) is 5.60. The molecule has 0 radical (unpaired) electrons. The zero-order valence-electron chi connectivity index (χ0n) is 17.6. The van der Waals surface area contributed by atoms with E-state index in [2.05, 4.69) is 38.4 Å². The fourth-order valence-corrected chi connectivity index (χ4v) is 4.31. The van der Waals surface area contributed by atoms with E-state index in [0.717, 1.165) is 53.2 Å². The fourth-order valence-electron chi connectivity index (χ4n) is 4.31. The Morgan fingerprint density at radius 2 is 2.10 bits per heavy atom. The van der Waals surface area contributed by atoms with Crippen LogP contribution < -0.4 is 5.32 Å². The molecule has 5 rings (SSSR count). The molecule has 2 amide bonds. The molecule has 1 atom stereocenters. The number of tetrazole rings is 1. The van der Waals surface area contributed by atoms with E-state index in [9.17, 15) is 4.79 Å². The minimum atomic E-state index is -0.117. The normalized spacial score (nSPS) is 16.2. The van der Waals surface area contributed by atoms with Crippen molar-refractivity contribution >= 4 is 22.8 Å². The molecule has 1 fully saturated rings. The minimum absolute atomic E-state index is 0.0460. The van der Waals surface area contributed by atoms with Gasteiger partial charge < -0.3 is 14.8 Å². The molecule has 31 heavy (non-hydrogen) atoms. The van der Waals surface area contributed by atoms with Gasteiger partial charge in [0.1, 0.15) is 12.2 Å². The number of nitrogens with one attached hydrogen (secondary N) is 1. The number of likely N-dealkylation sites (tertiary alicyclic amines) is 1. The van der Waals surface area contributed by atoms with Crippen LogP contribution in [0.4, 0.5) is 10.5 Å². The summed E-state index contributed by atoms with van der Waals surface area (Å²) in [7, 11) is 0. The average Bonchev–Trinajstić information content (AvgIpc) is 3.53. The molecule has 0 aliphatic carbocycles. The Bertz CT molecular complexity index is 1230. The molecule has 2 aromatic heterocycles. The summed E-state index contributed by atoms with van der Waals surface area (Å²) >= 11 is 0. The van der Waals surface area contributed by atoms with Crippen LogP contribution in [0.25, 0.3) is 16.7 Å². The van der Waals surface area contributed by atoms with Gasteiger partial charge in [0.25, 0.3) is 0 Å². The monoisotopic (exact) mass is 416 g/mol. The highest BCUT2D eigenvalue weighted by Crippen LogP contribution is 2.34. The van der Waals surface area contributed by atoms with Gasteiger partial charge in [-0.2, -0.15) is 0 Å². The Labute approximate surface area is 179 Å². The second-order valence-electron chi connectivity index (χ2n) is 7.74. The molecule has 1 saturated heterocycles. The molecular formula is C22H24N8O. The summed E-state index contributed by atoms with van der Waals surface area (Å²) < 4.78 is 3.78. The highest BCUT2D eigenvalue weighted by atomic mass is 16.2. The van der Waals surface area contributed by atoms with Crippen molar-refractivity contribution in [2.45, 2.75) is 39.3 Å². The second kappa shape index (κ2) is 7.82. The molecule has 1 aliphatic rings. The van der Waals surface area contributed by atoms with Gasteiger partial charge in [-0.25, -0.2) is 14.5 Å². The van der Waals surface area contributed by atoms with E-state index in [4.69, 9.17) is 4.98 Å². The van der Waals surface area contributed by atoms with Crippen LogP contribution in [0.15, 0.2) is 48.8 Å². The molecule has 0 saturated carbocycles. The number of anilines is 1. The summed E-state index contributed by atoms with van der Waals surface area (Å²) in [5.74, 6) is 0.954. The number of benzene rings is 2. The van der Waals surface area contributed by atoms with Gasteiger partial charge in [0, 0.05) is 18.8 Å². The molecule has 9 nitrogen and oxygen atoms in total. The number of nitrogens with zero attached hydrogens (tertiary/aromatic N) is 7. The Morgan fingerprint density at radius 1 is 1.23 bits per heavy atom. The number of hydrogen-bond donors (Lipinski definition) is 1. The molecule has 158 valence electrons. The van der Waals surface area contributed by atoms with Crippen LogP contribution in [0.3, 0.4) is 0 Å². The van der Waals surface area contributed by atoms with E-state index < -0.39 is 0 Å². The number of carbonyl (C=O) groups is 1. The maximum Gasteiger partial charge on any atom is 0.322 e. The lowest BCUT2D eigenvalue weighted by Crippen LogP contribution is -2.35. The van der Waals surface area contributed by atoms with Crippen LogP contribution in [-0.4, -0.2) is 47.2 Å². The van der Waals surface area contributed by atoms with E-state index in [1.165, 1.54) is 6.33 Å². The quantitative estimate of drug-likeness (QED) is 0.547. The largest absolute Gasteiger partial charge is 0.327 e. The number of aryl methyl sites for hydroxylation is 2. The van der Waals surface area contributed by atoms with Gasteiger partial charge in [-0.3, -0.25) is 0 Å². The highest BCUT2D eigenvalue weighted by Gasteiger charge is 2.33. The van der Waals surface area contributed by atoms with E-state index in [1.807, 2.05) is 48.2 Å². The molecule has 0 spiro atoms. The van der Waals surface area contributed by atoms with Gasteiger partial charge in [0.05, 0.1) is 22.8 Å². The lowest BCUT2D eigenvalue weighted by Gasteiger charge is -2.25. The van der Waals surface area contributed by atoms with Crippen LogP contribution in [0.5, 0.6) is 0 Å². The van der Waals surface area contributed by atoms with Crippen molar-refractivity contribution in [3.63, 3.8) is 0 Å². The average molecular weight is 416 g/mol. The van der Waals surface area contributed by atoms with E-state index in [1.54, 1.807) is 4.68 Å². The van der Waals surface area contributed by atoms with Gasteiger partial charge in [-0.05, 0) is 66.9 Å². The zero-order chi connectivity index (χ0) is 21.4. The Morgan fingerprint density at radius 3 is 2.90 bits per heavy atom. The minimum Gasteiger partial charge on any atom is -0.327 e. The first-order chi connectivity index (χ1) is 15.2. The first-order valence-electron chi connectivity index (χ1n) is 10.5. The first kappa shape index (κ1) is 19.2. The molecule has 2 aromatic carbocycles. The number of fused-ring (bicyclic) bond motifs is 1. The van der Waals surface area contributed by atoms with Crippen molar-refractivity contribution < 1.29 is 4.79 Å². The van der Waals surface area contributed by atoms with Crippen molar-refractivity contribution in [3.8, 4) is 5.69 Å². The van der Waals surface area contributed by atoms with Crippen LogP contribution in [0.1, 0.15) is 37.2 Å². The number of hydrogen-bond acceptors (Lipinski definition) is 5. The number of para-hydroxylation sites is 2. The smallest absolute Gasteiger partial charge is 0.322 e. The van der Waals surface area contributed by atoms with Gasteiger partial charge in [-0.1, -0.05) is 18.2 Å². The lowest BCUT2D eigenvalue weighted by molar-refractivity contribution is 0.204. The maximum absolute atomic E-state index is 13.3.